The molecule has 0 radical (unpaired) electrons. The molecule has 0 spiro atoms. The van der Waals surface area contributed by atoms with Crippen LogP contribution in [-0.4, -0.2) is 47.2 Å². The van der Waals surface area contributed by atoms with Gasteiger partial charge in [0, 0.05) is 6.54 Å². The number of hydrogen-bond donors (Lipinski definition) is 1. The zero-order valence-electron chi connectivity index (χ0n) is 9.72. The first-order chi connectivity index (χ1) is 7.59. The standard InChI is InChI=1S/C11H18N2O3/c1-7(2)8-6-16-10(12-8)9-4-3-5-13(9)11(14)15/h7-9H,3-6H2,1-2H3,(H,14,15)/t8-,9+/m1/s1. The van der Waals surface area contributed by atoms with E-state index in [-0.39, 0.29) is 12.1 Å². The number of carbonyl (C=O) groups is 1. The average molecular weight is 226 g/mol. The first kappa shape index (κ1) is 11.2. The highest BCUT2D eigenvalue weighted by atomic mass is 16.5. The van der Waals surface area contributed by atoms with E-state index in [1.165, 1.54) is 4.90 Å². The molecule has 2 heterocycles. The predicted molar refractivity (Wildman–Crippen MR) is 59.8 cm³/mol. The van der Waals surface area contributed by atoms with Crippen molar-refractivity contribution in [1.29, 1.82) is 0 Å². The molecule has 2 aliphatic rings. The van der Waals surface area contributed by atoms with Crippen LogP contribution in [0.5, 0.6) is 0 Å². The molecule has 1 N–H and O–H groups in total. The fourth-order valence-electron chi connectivity index (χ4n) is 2.18. The van der Waals surface area contributed by atoms with Crippen molar-refractivity contribution in [2.75, 3.05) is 13.2 Å². The summed E-state index contributed by atoms with van der Waals surface area (Å²) in [5.74, 6) is 1.07. The summed E-state index contributed by atoms with van der Waals surface area (Å²) in [6, 6.07) is 0.0347. The smallest absolute Gasteiger partial charge is 0.407 e. The third kappa shape index (κ3) is 1.99. The van der Waals surface area contributed by atoms with Gasteiger partial charge in [-0.25, -0.2) is 9.79 Å². The van der Waals surface area contributed by atoms with Crippen molar-refractivity contribution >= 4 is 12.0 Å². The Morgan fingerprint density at radius 3 is 2.94 bits per heavy atom. The molecule has 2 atom stereocenters. The molecule has 0 aromatic rings. The van der Waals surface area contributed by atoms with E-state index >= 15 is 0 Å². The highest BCUT2D eigenvalue weighted by Crippen LogP contribution is 2.24. The molecular weight excluding hydrogens is 208 g/mol. The number of aliphatic imine (C=N–C) groups is 1. The van der Waals surface area contributed by atoms with Gasteiger partial charge < -0.3 is 9.84 Å². The van der Waals surface area contributed by atoms with Crippen LogP contribution in [0.1, 0.15) is 26.7 Å². The predicted octanol–water partition coefficient (Wildman–Crippen LogP) is 1.58. The summed E-state index contributed by atoms with van der Waals surface area (Å²) < 4.78 is 5.54. The van der Waals surface area contributed by atoms with Crippen LogP contribution >= 0.6 is 0 Å². The van der Waals surface area contributed by atoms with E-state index < -0.39 is 6.09 Å². The molecule has 0 bridgehead atoms. The zero-order valence-corrected chi connectivity index (χ0v) is 9.72. The van der Waals surface area contributed by atoms with Crippen LogP contribution in [0, 0.1) is 5.92 Å². The van der Waals surface area contributed by atoms with Crippen LogP contribution < -0.4 is 0 Å². The zero-order chi connectivity index (χ0) is 11.7. The summed E-state index contributed by atoms with van der Waals surface area (Å²) in [6.45, 7) is 5.39. The highest BCUT2D eigenvalue weighted by molar-refractivity contribution is 5.87. The Labute approximate surface area is 95.1 Å². The highest BCUT2D eigenvalue weighted by Gasteiger charge is 2.36. The minimum Gasteiger partial charge on any atom is -0.477 e. The Morgan fingerprint density at radius 2 is 2.38 bits per heavy atom. The van der Waals surface area contributed by atoms with Gasteiger partial charge in [0.05, 0.1) is 6.04 Å². The number of amides is 1. The lowest BCUT2D eigenvalue weighted by Gasteiger charge is -2.20. The van der Waals surface area contributed by atoms with Gasteiger partial charge in [-0.05, 0) is 18.8 Å². The number of hydrogen-bond acceptors (Lipinski definition) is 3. The summed E-state index contributed by atoms with van der Waals surface area (Å²) in [6.07, 6.45) is 0.851. The van der Waals surface area contributed by atoms with Gasteiger partial charge in [-0.1, -0.05) is 13.8 Å². The van der Waals surface area contributed by atoms with Crippen LogP contribution in [0.3, 0.4) is 0 Å². The fourth-order valence-corrected chi connectivity index (χ4v) is 2.18. The van der Waals surface area contributed by atoms with Crippen molar-refractivity contribution < 1.29 is 14.6 Å². The van der Waals surface area contributed by atoms with Gasteiger partial charge in [-0.15, -0.1) is 0 Å². The van der Waals surface area contributed by atoms with Gasteiger partial charge in [-0.2, -0.15) is 0 Å². The number of ether oxygens (including phenoxy) is 1. The van der Waals surface area contributed by atoms with Crippen molar-refractivity contribution in [3.05, 3.63) is 0 Å². The molecule has 16 heavy (non-hydrogen) atoms. The maximum atomic E-state index is 11.0. The molecule has 5 heteroatoms. The maximum Gasteiger partial charge on any atom is 0.407 e. The molecule has 2 aliphatic heterocycles. The average Bonchev–Trinajstić information content (AvgIpc) is 2.86. The number of rotatable bonds is 2. The molecule has 0 aromatic heterocycles. The van der Waals surface area contributed by atoms with Crippen molar-refractivity contribution in [2.45, 2.75) is 38.8 Å². The van der Waals surface area contributed by atoms with Crippen LogP contribution in [0.25, 0.3) is 0 Å². The van der Waals surface area contributed by atoms with Gasteiger partial charge in [0.15, 0.2) is 0 Å². The van der Waals surface area contributed by atoms with Crippen LogP contribution in [0.2, 0.25) is 0 Å². The van der Waals surface area contributed by atoms with Gasteiger partial charge in [0.2, 0.25) is 5.90 Å². The third-order valence-electron chi connectivity index (χ3n) is 3.25. The van der Waals surface area contributed by atoms with E-state index in [9.17, 15) is 4.79 Å². The van der Waals surface area contributed by atoms with Crippen LogP contribution in [-0.2, 0) is 4.74 Å². The SMILES string of the molecule is CC(C)[C@H]1COC([C@@H]2CCCN2C(=O)O)=N1. The van der Waals surface area contributed by atoms with Crippen molar-refractivity contribution in [3.8, 4) is 0 Å². The van der Waals surface area contributed by atoms with Gasteiger partial charge in [0.25, 0.3) is 0 Å². The molecule has 0 unspecified atom stereocenters. The van der Waals surface area contributed by atoms with E-state index in [0.29, 0.717) is 25.0 Å². The van der Waals surface area contributed by atoms with Crippen LogP contribution in [0.15, 0.2) is 4.99 Å². The van der Waals surface area contributed by atoms with Crippen molar-refractivity contribution in [3.63, 3.8) is 0 Å². The summed E-state index contributed by atoms with van der Waals surface area (Å²) in [5.41, 5.74) is 0. The van der Waals surface area contributed by atoms with E-state index in [4.69, 9.17) is 9.84 Å². The molecule has 90 valence electrons. The number of nitrogens with zero attached hydrogens (tertiary/aromatic N) is 2. The lowest BCUT2D eigenvalue weighted by Crippen LogP contribution is -2.39. The minimum absolute atomic E-state index is 0.152. The molecular formula is C11H18N2O3. The topological polar surface area (TPSA) is 62.1 Å². The molecule has 2 rings (SSSR count). The Hall–Kier alpha value is -1.26. The van der Waals surface area contributed by atoms with Gasteiger partial charge in [0.1, 0.15) is 12.6 Å². The Morgan fingerprint density at radius 1 is 1.62 bits per heavy atom. The molecule has 0 saturated carbocycles. The normalized spacial score (nSPS) is 29.4. The molecule has 0 aliphatic carbocycles. The minimum atomic E-state index is -0.873. The number of likely N-dealkylation sites (tertiary alicyclic amines) is 1. The van der Waals surface area contributed by atoms with Gasteiger partial charge in [-0.3, -0.25) is 4.90 Å². The van der Waals surface area contributed by atoms with Crippen molar-refractivity contribution in [1.82, 2.24) is 4.90 Å². The van der Waals surface area contributed by atoms with E-state index in [2.05, 4.69) is 18.8 Å². The summed E-state index contributed by atoms with van der Waals surface area (Å²) in [5, 5.41) is 9.03. The van der Waals surface area contributed by atoms with Crippen molar-refractivity contribution in [2.24, 2.45) is 10.9 Å². The largest absolute Gasteiger partial charge is 0.477 e. The Kier molecular flexibility index (Phi) is 3.03. The second kappa shape index (κ2) is 4.31. The second-order valence-electron chi connectivity index (χ2n) is 4.72. The summed E-state index contributed by atoms with van der Waals surface area (Å²) >= 11 is 0. The molecule has 1 amide bonds. The molecule has 1 saturated heterocycles. The first-order valence-electron chi connectivity index (χ1n) is 5.79. The van der Waals surface area contributed by atoms with Gasteiger partial charge >= 0.3 is 6.09 Å². The lowest BCUT2D eigenvalue weighted by atomic mass is 10.1. The lowest BCUT2D eigenvalue weighted by molar-refractivity contribution is 0.145. The summed E-state index contributed by atoms with van der Waals surface area (Å²) in [7, 11) is 0. The van der Waals surface area contributed by atoms with E-state index in [0.717, 1.165) is 12.8 Å². The second-order valence-corrected chi connectivity index (χ2v) is 4.72. The van der Waals surface area contributed by atoms with E-state index in [1.54, 1.807) is 0 Å². The third-order valence-corrected chi connectivity index (χ3v) is 3.25. The molecule has 1 fully saturated rings. The quantitative estimate of drug-likeness (QED) is 0.777. The summed E-state index contributed by atoms with van der Waals surface area (Å²) in [4.78, 5) is 16.9. The molecule has 5 nitrogen and oxygen atoms in total. The van der Waals surface area contributed by atoms with E-state index in [1.807, 2.05) is 0 Å². The Balaban J connectivity index is 2.08. The molecule has 0 aromatic carbocycles. The first-order valence-corrected chi connectivity index (χ1v) is 5.79. The maximum absolute atomic E-state index is 11.0. The Bertz CT molecular complexity index is 314. The van der Waals surface area contributed by atoms with Crippen LogP contribution in [0.4, 0.5) is 4.79 Å². The number of carboxylic acid groups (broad SMARTS) is 1. The fraction of sp³-hybridized carbons (Fsp3) is 0.818. The monoisotopic (exact) mass is 226 g/mol.